The number of aromatic nitrogens is 2. The van der Waals surface area contributed by atoms with Crippen LogP contribution in [0.25, 0.3) is 0 Å². The fourth-order valence-corrected chi connectivity index (χ4v) is 1.22. The number of hydrogen-bond acceptors (Lipinski definition) is 4. The average molecular weight is 221 g/mol. The lowest BCUT2D eigenvalue weighted by molar-refractivity contribution is 1.29. The normalized spacial score (nSPS) is 9.93. The fourth-order valence-electron chi connectivity index (χ4n) is 1.11. The molecule has 0 fully saturated rings. The lowest BCUT2D eigenvalue weighted by Gasteiger charge is -2.07. The van der Waals surface area contributed by atoms with Crippen LogP contribution in [0.3, 0.4) is 0 Å². The molecule has 4 nitrogen and oxygen atoms in total. The van der Waals surface area contributed by atoms with Gasteiger partial charge in [0.2, 0.25) is 0 Å². The molecule has 0 saturated carbocycles. The second kappa shape index (κ2) is 4.14. The van der Waals surface area contributed by atoms with Crippen molar-refractivity contribution in [3.05, 3.63) is 41.8 Å². The van der Waals surface area contributed by atoms with Crippen molar-refractivity contribution in [1.82, 2.24) is 9.97 Å². The van der Waals surface area contributed by atoms with Crippen molar-refractivity contribution in [3.8, 4) is 0 Å². The van der Waals surface area contributed by atoms with E-state index in [1.807, 2.05) is 0 Å². The molecule has 2 aromatic rings. The van der Waals surface area contributed by atoms with E-state index in [-0.39, 0.29) is 0 Å². The first-order valence-corrected chi connectivity index (χ1v) is 4.71. The van der Waals surface area contributed by atoms with Gasteiger partial charge in [-0.05, 0) is 18.2 Å². The van der Waals surface area contributed by atoms with E-state index in [1.165, 1.54) is 0 Å². The first-order valence-electron chi connectivity index (χ1n) is 4.34. The maximum absolute atomic E-state index is 5.72. The van der Waals surface area contributed by atoms with Crippen LogP contribution >= 0.6 is 11.6 Å². The van der Waals surface area contributed by atoms with Gasteiger partial charge < -0.3 is 11.1 Å². The lowest BCUT2D eigenvalue weighted by atomic mass is 10.3. The summed E-state index contributed by atoms with van der Waals surface area (Å²) in [6.07, 6.45) is 4.81. The Kier molecular flexibility index (Phi) is 2.69. The van der Waals surface area contributed by atoms with Crippen LogP contribution in [0.2, 0.25) is 5.02 Å². The molecule has 2 rings (SSSR count). The van der Waals surface area contributed by atoms with E-state index in [0.29, 0.717) is 16.5 Å². The summed E-state index contributed by atoms with van der Waals surface area (Å²) in [5.74, 6) is 0.692. The number of nitrogen functional groups attached to an aromatic ring is 1. The Bertz CT molecular complexity index is 455. The zero-order valence-electron chi connectivity index (χ0n) is 7.81. The van der Waals surface area contributed by atoms with E-state index in [4.69, 9.17) is 17.3 Å². The SMILES string of the molecule is Nc1cnccc1Nc1ccc(Cl)cn1. The number of pyridine rings is 2. The summed E-state index contributed by atoms with van der Waals surface area (Å²) in [4.78, 5) is 7.99. The van der Waals surface area contributed by atoms with E-state index < -0.39 is 0 Å². The molecule has 0 saturated heterocycles. The minimum atomic E-state index is 0.578. The van der Waals surface area contributed by atoms with E-state index in [0.717, 1.165) is 5.69 Å². The quantitative estimate of drug-likeness (QED) is 0.816. The number of nitrogens with one attached hydrogen (secondary N) is 1. The summed E-state index contributed by atoms with van der Waals surface area (Å²) in [5.41, 5.74) is 7.08. The molecule has 0 aliphatic carbocycles. The minimum absolute atomic E-state index is 0.578. The molecule has 2 aromatic heterocycles. The topological polar surface area (TPSA) is 63.8 Å². The molecule has 0 spiro atoms. The Balaban J connectivity index is 2.22. The number of rotatable bonds is 2. The third-order valence-electron chi connectivity index (χ3n) is 1.84. The van der Waals surface area contributed by atoms with Gasteiger partial charge in [-0.3, -0.25) is 4.98 Å². The molecule has 0 aliphatic rings. The third kappa shape index (κ3) is 2.35. The molecular weight excluding hydrogens is 212 g/mol. The van der Waals surface area contributed by atoms with Crippen LogP contribution in [0.5, 0.6) is 0 Å². The van der Waals surface area contributed by atoms with Crippen LogP contribution in [0.4, 0.5) is 17.2 Å². The molecule has 76 valence electrons. The summed E-state index contributed by atoms with van der Waals surface area (Å²) in [5, 5.41) is 3.66. The van der Waals surface area contributed by atoms with Crippen molar-refractivity contribution in [3.63, 3.8) is 0 Å². The highest BCUT2D eigenvalue weighted by atomic mass is 35.5. The summed E-state index contributed by atoms with van der Waals surface area (Å²) >= 11 is 5.72. The Morgan fingerprint density at radius 1 is 1.20 bits per heavy atom. The van der Waals surface area contributed by atoms with Gasteiger partial charge in [0, 0.05) is 12.4 Å². The Morgan fingerprint density at radius 3 is 2.73 bits per heavy atom. The molecule has 0 aromatic carbocycles. The zero-order chi connectivity index (χ0) is 10.7. The number of nitrogens with two attached hydrogens (primary N) is 1. The number of nitrogens with zero attached hydrogens (tertiary/aromatic N) is 2. The molecule has 0 bridgehead atoms. The van der Waals surface area contributed by atoms with Gasteiger partial charge in [0.05, 0.1) is 22.6 Å². The molecule has 15 heavy (non-hydrogen) atoms. The van der Waals surface area contributed by atoms with Gasteiger partial charge in [0.15, 0.2) is 0 Å². The molecule has 3 N–H and O–H groups in total. The first kappa shape index (κ1) is 9.73. The molecule has 5 heteroatoms. The van der Waals surface area contributed by atoms with Crippen LogP contribution in [-0.2, 0) is 0 Å². The van der Waals surface area contributed by atoms with Crippen LogP contribution in [0.1, 0.15) is 0 Å². The van der Waals surface area contributed by atoms with Gasteiger partial charge >= 0.3 is 0 Å². The molecule has 0 radical (unpaired) electrons. The minimum Gasteiger partial charge on any atom is -0.396 e. The molecule has 2 heterocycles. The Morgan fingerprint density at radius 2 is 2.07 bits per heavy atom. The van der Waals surface area contributed by atoms with Crippen LogP contribution in [-0.4, -0.2) is 9.97 Å². The second-order valence-corrected chi connectivity index (χ2v) is 3.39. The van der Waals surface area contributed by atoms with Crippen LogP contribution in [0.15, 0.2) is 36.8 Å². The average Bonchev–Trinajstić information content (AvgIpc) is 2.25. The largest absolute Gasteiger partial charge is 0.396 e. The summed E-state index contributed by atoms with van der Waals surface area (Å²) in [6, 6.07) is 5.32. The predicted octanol–water partition coefficient (Wildman–Crippen LogP) is 2.46. The van der Waals surface area contributed by atoms with E-state index in [9.17, 15) is 0 Å². The number of halogens is 1. The number of anilines is 3. The van der Waals surface area contributed by atoms with E-state index in [1.54, 1.807) is 36.8 Å². The van der Waals surface area contributed by atoms with E-state index in [2.05, 4.69) is 15.3 Å². The molecule has 0 aliphatic heterocycles. The van der Waals surface area contributed by atoms with Gasteiger partial charge in [0.25, 0.3) is 0 Å². The maximum atomic E-state index is 5.72. The van der Waals surface area contributed by atoms with Gasteiger partial charge in [-0.25, -0.2) is 4.98 Å². The second-order valence-electron chi connectivity index (χ2n) is 2.95. The Hall–Kier alpha value is -1.81. The molecule has 0 unspecified atom stereocenters. The maximum Gasteiger partial charge on any atom is 0.130 e. The van der Waals surface area contributed by atoms with Crippen molar-refractivity contribution in [2.75, 3.05) is 11.1 Å². The third-order valence-corrected chi connectivity index (χ3v) is 2.07. The summed E-state index contributed by atoms with van der Waals surface area (Å²) in [7, 11) is 0. The van der Waals surface area contributed by atoms with Gasteiger partial charge in [-0.15, -0.1) is 0 Å². The highest BCUT2D eigenvalue weighted by Crippen LogP contribution is 2.20. The van der Waals surface area contributed by atoms with Crippen molar-refractivity contribution in [1.29, 1.82) is 0 Å². The highest BCUT2D eigenvalue weighted by Gasteiger charge is 1.99. The van der Waals surface area contributed by atoms with Gasteiger partial charge in [-0.1, -0.05) is 11.6 Å². The number of hydrogen-bond donors (Lipinski definition) is 2. The molecular formula is C10H9ClN4. The molecule has 0 atom stereocenters. The lowest BCUT2D eigenvalue weighted by Crippen LogP contribution is -1.97. The molecule has 0 amide bonds. The summed E-state index contributed by atoms with van der Waals surface area (Å²) in [6.45, 7) is 0. The smallest absolute Gasteiger partial charge is 0.130 e. The van der Waals surface area contributed by atoms with Crippen molar-refractivity contribution in [2.45, 2.75) is 0 Å². The van der Waals surface area contributed by atoms with Crippen LogP contribution < -0.4 is 11.1 Å². The highest BCUT2D eigenvalue weighted by molar-refractivity contribution is 6.30. The zero-order valence-corrected chi connectivity index (χ0v) is 8.57. The Labute approximate surface area is 92.1 Å². The fraction of sp³-hybridized carbons (Fsp3) is 0. The summed E-state index contributed by atoms with van der Waals surface area (Å²) < 4.78 is 0. The van der Waals surface area contributed by atoms with Crippen molar-refractivity contribution >= 4 is 28.8 Å². The van der Waals surface area contributed by atoms with Crippen molar-refractivity contribution < 1.29 is 0 Å². The standard InChI is InChI=1S/C10H9ClN4/c11-7-1-2-10(14-5-7)15-9-3-4-13-6-8(9)12/h1-6H,12H2,(H,13,14,15). The van der Waals surface area contributed by atoms with Crippen molar-refractivity contribution in [2.24, 2.45) is 0 Å². The first-order chi connectivity index (χ1) is 7.25. The van der Waals surface area contributed by atoms with E-state index >= 15 is 0 Å². The van der Waals surface area contributed by atoms with Gasteiger partial charge in [-0.2, -0.15) is 0 Å². The monoisotopic (exact) mass is 220 g/mol. The van der Waals surface area contributed by atoms with Gasteiger partial charge in [0.1, 0.15) is 5.82 Å². The predicted molar refractivity (Wildman–Crippen MR) is 61.2 cm³/mol. The van der Waals surface area contributed by atoms with Crippen LogP contribution in [0, 0.1) is 0 Å².